The van der Waals surface area contributed by atoms with Crippen molar-refractivity contribution < 1.29 is 100 Å². The number of amides is 5. The molecule has 0 spiro atoms. The lowest BCUT2D eigenvalue weighted by Gasteiger charge is -2.29. The third-order valence-corrected chi connectivity index (χ3v) is 22.1. The van der Waals surface area contributed by atoms with Crippen LogP contribution in [-0.2, 0) is 96.7 Å². The topological polar surface area (TPSA) is 315 Å². The molecule has 2 atom stereocenters. The number of unbranched alkanes of at least 4 members (excludes halogenated alkanes) is 26. The molecule has 123 heavy (non-hydrogen) atoms. The summed E-state index contributed by atoms with van der Waals surface area (Å²) in [4.78, 5) is 78.8. The summed E-state index contributed by atoms with van der Waals surface area (Å²) in [7, 11) is 2.12. The molecule has 0 aromatic heterocycles. The van der Waals surface area contributed by atoms with Crippen molar-refractivity contribution in [3.05, 3.63) is 63.6 Å². The van der Waals surface area contributed by atoms with E-state index in [4.69, 9.17) is 89.5 Å². The number of hydrogen-bond donors (Lipinski definition) is 6. The van der Waals surface area contributed by atoms with E-state index in [-0.39, 0.29) is 84.2 Å². The fraction of sp³-hybridized carbons (Fsp3) is 0.809. The van der Waals surface area contributed by atoms with Crippen LogP contribution >= 0.6 is 23.2 Å². The molecule has 5 amide bonds. The maximum absolute atomic E-state index is 13.7. The van der Waals surface area contributed by atoms with E-state index >= 15 is 0 Å². The zero-order valence-electron chi connectivity index (χ0n) is 76.0. The van der Waals surface area contributed by atoms with Crippen molar-refractivity contribution in [1.82, 2.24) is 26.2 Å². The minimum Gasteiger partial charge on any atom is -0.480 e. The molecule has 6 N–H and O–H groups in total. The maximum Gasteiger partial charge on any atom is 0.326 e. The number of nitrogens with one attached hydrogen (secondary N) is 5. The van der Waals surface area contributed by atoms with Gasteiger partial charge in [-0.2, -0.15) is 0 Å². The molecule has 1 aliphatic carbocycles. The molecule has 27 nitrogen and oxygen atoms in total. The van der Waals surface area contributed by atoms with E-state index in [0.29, 0.717) is 202 Å². The molecule has 29 heteroatoms. The van der Waals surface area contributed by atoms with Crippen LogP contribution in [0.3, 0.4) is 0 Å². The van der Waals surface area contributed by atoms with Gasteiger partial charge in [0.15, 0.2) is 0 Å². The minimum atomic E-state index is -1.18. The summed E-state index contributed by atoms with van der Waals surface area (Å²) in [6, 6.07) is 10.2. The molecular weight excluding hydrogens is 1620 g/mol. The lowest BCUT2D eigenvalue weighted by atomic mass is 9.81. The van der Waals surface area contributed by atoms with Crippen LogP contribution in [0.2, 0.25) is 10.0 Å². The van der Waals surface area contributed by atoms with Gasteiger partial charge in [-0.25, -0.2) is 4.79 Å². The number of carbonyl (C=O) groups is 6. The zero-order valence-corrected chi connectivity index (χ0v) is 77.5. The van der Waals surface area contributed by atoms with Crippen molar-refractivity contribution in [3.63, 3.8) is 0 Å². The highest BCUT2D eigenvalue weighted by atomic mass is 35.5. The molecule has 1 unspecified atom stereocenters. The number of carboxylic acid groups (broad SMARTS) is 1. The van der Waals surface area contributed by atoms with Crippen molar-refractivity contribution in [3.8, 4) is 0 Å². The largest absolute Gasteiger partial charge is 0.480 e. The molecule has 2 aromatic rings. The molecule has 0 saturated heterocycles. The van der Waals surface area contributed by atoms with Crippen molar-refractivity contribution >= 4 is 64.4 Å². The van der Waals surface area contributed by atoms with Gasteiger partial charge in [-0.15, -0.1) is 0 Å². The predicted molar refractivity (Wildman–Crippen MR) is 486 cm³/mol. The van der Waals surface area contributed by atoms with Gasteiger partial charge in [0, 0.05) is 70.8 Å². The molecule has 3 rings (SSSR count). The first-order chi connectivity index (χ1) is 60.3. The Bertz CT molecular complexity index is 2840. The van der Waals surface area contributed by atoms with Gasteiger partial charge < -0.3 is 103 Å². The van der Waals surface area contributed by atoms with E-state index in [9.17, 15) is 33.9 Å². The van der Waals surface area contributed by atoms with Gasteiger partial charge in [0.1, 0.15) is 6.04 Å². The number of ether oxygens (including phenoxy) is 14. The Morgan fingerprint density at radius 2 is 0.764 bits per heavy atom. The highest BCUT2D eigenvalue weighted by Crippen LogP contribution is 2.41. The lowest BCUT2D eigenvalue weighted by molar-refractivity contribution is -0.144. The standard InChI is InChI=1S/C94H164Cl2N6O21/c1-4-6-8-10-12-14-16-18-20-22-24-26-28-32-52-122-80-83(123-53-33-29-27-25-23-21-19-17-15-13-11-9-7-5-2)79-102(3)51-35-48-97-87(103)42-43-88(104)99-50-55-111-57-59-113-61-63-115-65-67-117-69-71-119-73-75-121-77-76-120-74-72-118-70-68-116-66-64-114-62-60-112-58-56-110-54-44-89(105)98-49-47-94(45-30-31-46-94)93(109)101-86(92(107)108)78-81-38-40-82(41-39-81)100-91(106)90-84(95)36-34-37-85(90)96/h34,36-41,83,86H,4-33,35,42-80H2,1-3H3,(H,97,103)(H,98,105)(H,99,104)(H,100,106)(H,101,109)(H,107,108)/t83?,86-/m0/s1. The number of carboxylic acids is 1. The van der Waals surface area contributed by atoms with E-state index in [1.807, 2.05) is 0 Å². The van der Waals surface area contributed by atoms with Gasteiger partial charge >= 0.3 is 5.97 Å². The summed E-state index contributed by atoms with van der Waals surface area (Å²) in [6.07, 6.45) is 42.1. The molecule has 1 aliphatic rings. The number of likely N-dealkylation sites (N-methyl/N-ethyl adjacent to an activating group) is 1. The first-order valence-electron chi connectivity index (χ1n) is 47.3. The summed E-state index contributed by atoms with van der Waals surface area (Å²) < 4.78 is 79.5. The van der Waals surface area contributed by atoms with Gasteiger partial charge in [0.05, 0.1) is 192 Å². The zero-order chi connectivity index (χ0) is 88.5. The van der Waals surface area contributed by atoms with Crippen LogP contribution in [0.5, 0.6) is 0 Å². The first kappa shape index (κ1) is 112. The fourth-order valence-electron chi connectivity index (χ4n) is 14.2. The van der Waals surface area contributed by atoms with Crippen LogP contribution < -0.4 is 26.6 Å². The summed E-state index contributed by atoms with van der Waals surface area (Å²) in [6.45, 7) is 19.3. The van der Waals surface area contributed by atoms with E-state index in [0.717, 1.165) is 58.4 Å². The number of benzene rings is 2. The average Bonchev–Trinajstić information content (AvgIpc) is 1.78. The summed E-state index contributed by atoms with van der Waals surface area (Å²) in [5.74, 6) is -2.51. The number of hydrogen-bond acceptors (Lipinski definition) is 21. The second-order valence-electron chi connectivity index (χ2n) is 32.1. The van der Waals surface area contributed by atoms with Crippen molar-refractivity contribution in [1.29, 1.82) is 0 Å². The number of carbonyl (C=O) groups excluding carboxylic acids is 5. The quantitative estimate of drug-likeness (QED) is 0.0335. The van der Waals surface area contributed by atoms with Crippen LogP contribution in [-0.4, -0.2) is 276 Å². The van der Waals surface area contributed by atoms with Gasteiger partial charge in [-0.05, 0) is 81.9 Å². The second-order valence-corrected chi connectivity index (χ2v) is 32.9. The number of nitrogens with zero attached hydrogens (tertiary/aromatic N) is 1. The van der Waals surface area contributed by atoms with Gasteiger partial charge in [0.25, 0.3) is 5.91 Å². The van der Waals surface area contributed by atoms with Crippen molar-refractivity contribution in [2.75, 3.05) is 223 Å². The fourth-order valence-corrected chi connectivity index (χ4v) is 14.8. The SMILES string of the molecule is CCCCCCCCCCCCCCCCOCC(CN(C)CCCNC(=O)CCC(=O)NCCOCCOCCOCCOCCOCCOCCOCCOCCOCCOCCOCCOCCC(=O)NCCC1(C(=O)N[C@@H](Cc2ccc(NC(=O)c3c(Cl)cccc3Cl)cc2)C(=O)O)CCCC1)OCCCCCCCCCCCCCCCC. The van der Waals surface area contributed by atoms with Gasteiger partial charge in [0.2, 0.25) is 23.6 Å². The molecular formula is C94H164Cl2N6O21. The van der Waals surface area contributed by atoms with Crippen LogP contribution in [0.1, 0.15) is 267 Å². The van der Waals surface area contributed by atoms with Crippen molar-refractivity contribution in [2.24, 2.45) is 5.41 Å². The van der Waals surface area contributed by atoms with E-state index in [1.165, 1.54) is 167 Å². The molecule has 1 saturated carbocycles. The second kappa shape index (κ2) is 81.7. The normalized spacial score (nSPS) is 13.1. The Kier molecular flexibility index (Phi) is 74.7. The molecule has 710 valence electrons. The predicted octanol–water partition coefficient (Wildman–Crippen LogP) is 15.7. The van der Waals surface area contributed by atoms with Crippen LogP contribution in [0.25, 0.3) is 0 Å². The first-order valence-corrected chi connectivity index (χ1v) is 48.0. The van der Waals surface area contributed by atoms with Gasteiger partial charge in [-0.1, -0.05) is 235 Å². The molecule has 2 aromatic carbocycles. The Morgan fingerprint density at radius 1 is 0.407 bits per heavy atom. The summed E-state index contributed by atoms with van der Waals surface area (Å²) in [5.41, 5.74) is 0.455. The minimum absolute atomic E-state index is 0.0204. The number of halogens is 2. The third kappa shape index (κ3) is 65.4. The Labute approximate surface area is 749 Å². The van der Waals surface area contributed by atoms with Crippen molar-refractivity contribution in [2.45, 2.75) is 270 Å². The highest BCUT2D eigenvalue weighted by Gasteiger charge is 2.42. The number of rotatable bonds is 91. The van der Waals surface area contributed by atoms with E-state index < -0.39 is 23.3 Å². The smallest absolute Gasteiger partial charge is 0.326 e. The van der Waals surface area contributed by atoms with Crippen LogP contribution in [0, 0.1) is 5.41 Å². The van der Waals surface area contributed by atoms with E-state index in [1.54, 1.807) is 42.5 Å². The Hall–Kier alpha value is -4.76. The maximum atomic E-state index is 13.7. The molecule has 0 aliphatic heterocycles. The third-order valence-electron chi connectivity index (χ3n) is 21.5. The lowest BCUT2D eigenvalue weighted by Crippen LogP contribution is -2.49. The van der Waals surface area contributed by atoms with Crippen LogP contribution in [0.4, 0.5) is 5.69 Å². The molecule has 0 radical (unpaired) electrons. The summed E-state index contributed by atoms with van der Waals surface area (Å²) in [5, 5.41) is 24.7. The Morgan fingerprint density at radius 3 is 1.17 bits per heavy atom. The van der Waals surface area contributed by atoms with Gasteiger partial charge in [-0.3, -0.25) is 24.0 Å². The van der Waals surface area contributed by atoms with Crippen LogP contribution in [0.15, 0.2) is 42.5 Å². The highest BCUT2D eigenvalue weighted by molar-refractivity contribution is 6.40. The average molecular weight is 1790 g/mol. The number of aliphatic carboxylic acids is 1. The van der Waals surface area contributed by atoms with E-state index in [2.05, 4.69) is 52.4 Å². The molecule has 0 heterocycles. The summed E-state index contributed by atoms with van der Waals surface area (Å²) >= 11 is 12.4. The monoisotopic (exact) mass is 1780 g/mol. The number of anilines is 1. The molecule has 1 fully saturated rings. The molecule has 0 bridgehead atoms. The Balaban J connectivity index is 1.01.